The molecule has 0 nitrogen and oxygen atoms in total. The van der Waals surface area contributed by atoms with Crippen molar-refractivity contribution in [3.8, 4) is 0 Å². The molecule has 2 heteroatoms. The molecule has 0 saturated carbocycles. The van der Waals surface area contributed by atoms with Crippen molar-refractivity contribution in [1.82, 2.24) is 0 Å². The van der Waals surface area contributed by atoms with Crippen LogP contribution in [0.5, 0.6) is 0 Å². The van der Waals surface area contributed by atoms with Crippen LogP contribution in [0.2, 0.25) is 0 Å². The molecule has 0 bridgehead atoms. The second-order valence-corrected chi connectivity index (χ2v) is 8.36. The minimum absolute atomic E-state index is 0.446. The molecule has 128 valence electrons. The van der Waals surface area contributed by atoms with Crippen LogP contribution in [0, 0.1) is 0 Å². The van der Waals surface area contributed by atoms with Crippen molar-refractivity contribution in [2.45, 2.75) is 6.42 Å². The zero-order valence-electron chi connectivity index (χ0n) is 13.8. The first kappa shape index (κ1) is 17.9. The average molecular weight is 391 g/mol. The summed E-state index contributed by atoms with van der Waals surface area (Å²) >= 11 is 4.93. The molecule has 0 amide bonds. The Bertz CT molecular complexity index is 730. The van der Waals surface area contributed by atoms with E-state index in [2.05, 4.69) is 97.1 Å². The van der Waals surface area contributed by atoms with E-state index in [4.69, 9.17) is 16.0 Å². The van der Waals surface area contributed by atoms with Crippen LogP contribution < -0.4 is 15.9 Å². The van der Waals surface area contributed by atoms with Gasteiger partial charge in [-0.15, -0.1) is 0 Å². The summed E-state index contributed by atoms with van der Waals surface area (Å²) in [5.41, 5.74) is 0. The summed E-state index contributed by atoms with van der Waals surface area (Å²) in [6.45, 7) is 0. The molecule has 0 saturated heterocycles. The molecule has 0 aromatic heterocycles. The number of hydrogen-bond acceptors (Lipinski definition) is 0. The van der Waals surface area contributed by atoms with Crippen molar-refractivity contribution in [1.29, 1.82) is 0 Å². The molecule has 4 rings (SSSR count). The van der Waals surface area contributed by atoms with Crippen molar-refractivity contribution in [2.24, 2.45) is 0 Å². The van der Waals surface area contributed by atoms with Gasteiger partial charge in [0, 0.05) is 0 Å². The number of hydrogen-bond donors (Lipinski definition) is 0. The SMILES string of the molecule is [Cu][C]1=CC=CC1.c1ccc(P(c2ccccc2)c2ccccc2)cc1. The van der Waals surface area contributed by atoms with Crippen LogP contribution in [0.3, 0.4) is 0 Å². The van der Waals surface area contributed by atoms with Crippen LogP contribution in [0.1, 0.15) is 6.42 Å². The second-order valence-electron chi connectivity index (χ2n) is 5.54. The molecule has 1 aliphatic rings. The maximum Gasteiger partial charge on any atom is -0.0134 e. The zero-order valence-corrected chi connectivity index (χ0v) is 15.7. The summed E-state index contributed by atoms with van der Waals surface area (Å²) in [6, 6.07) is 32.3. The summed E-state index contributed by atoms with van der Waals surface area (Å²) in [7, 11) is -0.446. The predicted molar refractivity (Wildman–Crippen MR) is 107 cm³/mol. The van der Waals surface area contributed by atoms with Crippen LogP contribution in [-0.4, -0.2) is 0 Å². The van der Waals surface area contributed by atoms with Gasteiger partial charge in [0.25, 0.3) is 0 Å². The Morgan fingerprint density at radius 1 is 0.600 bits per heavy atom. The topological polar surface area (TPSA) is 0 Å². The van der Waals surface area contributed by atoms with Crippen LogP contribution in [0.15, 0.2) is 114 Å². The van der Waals surface area contributed by atoms with Crippen molar-refractivity contribution in [3.63, 3.8) is 0 Å². The molecular formula is C23H20CuP. The van der Waals surface area contributed by atoms with Crippen LogP contribution in [-0.2, 0) is 16.0 Å². The van der Waals surface area contributed by atoms with Crippen molar-refractivity contribution < 1.29 is 16.0 Å². The molecule has 0 aliphatic heterocycles. The molecule has 0 spiro atoms. The van der Waals surface area contributed by atoms with Gasteiger partial charge in [-0.1, -0.05) is 91.0 Å². The molecule has 0 atom stereocenters. The van der Waals surface area contributed by atoms with Gasteiger partial charge in [-0.2, -0.15) is 0 Å². The molecule has 3 aromatic rings. The number of rotatable bonds is 3. The fourth-order valence-corrected chi connectivity index (χ4v) is 5.09. The first-order valence-electron chi connectivity index (χ1n) is 8.27. The normalized spacial score (nSPS) is 12.5. The molecular weight excluding hydrogens is 371 g/mol. The smallest absolute Gasteiger partial charge is 0.0134 e. The molecule has 0 unspecified atom stereocenters. The van der Waals surface area contributed by atoms with E-state index in [9.17, 15) is 0 Å². The van der Waals surface area contributed by atoms with E-state index in [1.807, 2.05) is 12.2 Å². The van der Waals surface area contributed by atoms with Gasteiger partial charge in [0.05, 0.1) is 0 Å². The summed E-state index contributed by atoms with van der Waals surface area (Å²) in [6.07, 6.45) is 6.95. The van der Waals surface area contributed by atoms with E-state index >= 15 is 0 Å². The molecule has 0 radical (unpaired) electrons. The fourth-order valence-electron chi connectivity index (χ4n) is 2.58. The molecule has 25 heavy (non-hydrogen) atoms. The Kier molecular flexibility index (Phi) is 6.83. The fraction of sp³-hybridized carbons (Fsp3) is 0.0435. The Morgan fingerprint density at radius 3 is 1.24 bits per heavy atom. The van der Waals surface area contributed by atoms with Crippen molar-refractivity contribution in [2.75, 3.05) is 0 Å². The Labute approximate surface area is 159 Å². The van der Waals surface area contributed by atoms with E-state index in [1.54, 1.807) is 0 Å². The van der Waals surface area contributed by atoms with Gasteiger partial charge >= 0.3 is 45.1 Å². The van der Waals surface area contributed by atoms with Crippen molar-refractivity contribution >= 4 is 23.8 Å². The van der Waals surface area contributed by atoms with Gasteiger partial charge in [0.2, 0.25) is 0 Å². The van der Waals surface area contributed by atoms with E-state index in [0.717, 1.165) is 10.9 Å². The Balaban J connectivity index is 0.000000258. The van der Waals surface area contributed by atoms with Crippen LogP contribution in [0.4, 0.5) is 0 Å². The standard InChI is InChI=1S/C18H15P.C5H5.Cu/c1-4-10-16(11-5-1)19(17-12-6-2-7-13-17)18-14-8-3-9-15-18;1-2-4-5-3-1;/h1-15H;1-3H,4H2;. The van der Waals surface area contributed by atoms with E-state index < -0.39 is 7.92 Å². The predicted octanol–water partition coefficient (Wildman–Crippen LogP) is 4.82. The quantitative estimate of drug-likeness (QED) is 0.444. The summed E-state index contributed by atoms with van der Waals surface area (Å²) < 4.78 is 1.03. The molecule has 0 fully saturated rings. The van der Waals surface area contributed by atoms with E-state index in [1.165, 1.54) is 15.9 Å². The van der Waals surface area contributed by atoms with Gasteiger partial charge in [0.1, 0.15) is 0 Å². The Hall–Kier alpha value is -1.91. The third-order valence-corrected chi connectivity index (χ3v) is 6.53. The van der Waals surface area contributed by atoms with Gasteiger partial charge in [0.15, 0.2) is 0 Å². The molecule has 1 aliphatic carbocycles. The first-order chi connectivity index (χ1) is 12.3. The van der Waals surface area contributed by atoms with Gasteiger partial charge in [-0.05, 0) is 23.8 Å². The molecule has 3 aromatic carbocycles. The largest absolute Gasteiger partial charge is 0.0622 e. The maximum absolute atomic E-state index is 4.93. The number of allylic oxidation sites excluding steroid dienone is 4. The zero-order chi connectivity index (χ0) is 17.3. The summed E-state index contributed by atoms with van der Waals surface area (Å²) in [5.74, 6) is 0. The summed E-state index contributed by atoms with van der Waals surface area (Å²) in [4.78, 5) is 0. The average Bonchev–Trinajstić information content (AvgIpc) is 3.16. The third-order valence-electron chi connectivity index (χ3n) is 3.74. The van der Waals surface area contributed by atoms with Crippen LogP contribution >= 0.6 is 7.92 Å². The third kappa shape index (κ3) is 5.28. The number of benzene rings is 3. The van der Waals surface area contributed by atoms with Gasteiger partial charge in [-0.3, -0.25) is 0 Å². The maximum atomic E-state index is 4.93. The van der Waals surface area contributed by atoms with Gasteiger partial charge < -0.3 is 0 Å². The van der Waals surface area contributed by atoms with E-state index in [-0.39, 0.29) is 0 Å². The monoisotopic (exact) mass is 390 g/mol. The molecule has 0 N–H and O–H groups in total. The Morgan fingerprint density at radius 2 is 1.00 bits per heavy atom. The minimum Gasteiger partial charge on any atom is -0.0622 e. The van der Waals surface area contributed by atoms with E-state index in [0.29, 0.717) is 0 Å². The molecule has 0 heterocycles. The first-order valence-corrected chi connectivity index (χ1v) is 10.1. The van der Waals surface area contributed by atoms with Crippen molar-refractivity contribution in [3.05, 3.63) is 114 Å². The minimum atomic E-state index is -0.446. The summed E-state index contributed by atoms with van der Waals surface area (Å²) in [5, 5.41) is 4.19. The van der Waals surface area contributed by atoms with Gasteiger partial charge in [-0.25, -0.2) is 0 Å². The second kappa shape index (κ2) is 9.54. The van der Waals surface area contributed by atoms with Crippen LogP contribution in [0.25, 0.3) is 0 Å².